The molecule has 0 saturated carbocycles. The molecule has 1 aliphatic rings. The summed E-state index contributed by atoms with van der Waals surface area (Å²) in [5, 5.41) is 8.93. The summed E-state index contributed by atoms with van der Waals surface area (Å²) in [6.07, 6.45) is 2.87. The van der Waals surface area contributed by atoms with E-state index >= 15 is 0 Å². The number of rotatable bonds is 7. The monoisotopic (exact) mass is 215 g/mol. The molecule has 0 spiro atoms. The number of aliphatic hydroxyl groups excluding tert-OH is 1. The fraction of sp³-hybridized carbons (Fsp3) is 0.909. The molecule has 1 heterocycles. The van der Waals surface area contributed by atoms with E-state index in [0.29, 0.717) is 26.3 Å². The number of carbonyl (C=O) groups is 1. The van der Waals surface area contributed by atoms with Crippen LogP contribution >= 0.6 is 0 Å². The minimum Gasteiger partial charge on any atom is -0.395 e. The van der Waals surface area contributed by atoms with Crippen molar-refractivity contribution in [3.8, 4) is 0 Å². The van der Waals surface area contributed by atoms with E-state index in [9.17, 15) is 4.79 Å². The van der Waals surface area contributed by atoms with Gasteiger partial charge in [0.15, 0.2) is 0 Å². The molecule has 4 nitrogen and oxygen atoms in total. The molecule has 0 radical (unpaired) electrons. The van der Waals surface area contributed by atoms with Crippen LogP contribution in [0.15, 0.2) is 0 Å². The molecule has 1 fully saturated rings. The molecule has 88 valence electrons. The highest BCUT2D eigenvalue weighted by atomic mass is 16.5. The van der Waals surface area contributed by atoms with Gasteiger partial charge in [-0.3, -0.25) is 4.90 Å². The second kappa shape index (κ2) is 6.20. The van der Waals surface area contributed by atoms with Crippen molar-refractivity contribution in [1.82, 2.24) is 4.90 Å². The first-order chi connectivity index (χ1) is 7.26. The SMILES string of the molecule is CCCN(CCO)CC1(C=O)CCOC1. The minimum atomic E-state index is -0.329. The van der Waals surface area contributed by atoms with E-state index in [1.165, 1.54) is 0 Å². The van der Waals surface area contributed by atoms with Crippen LogP contribution in [0.1, 0.15) is 19.8 Å². The third kappa shape index (κ3) is 3.55. The zero-order valence-electron chi connectivity index (χ0n) is 9.45. The van der Waals surface area contributed by atoms with E-state index in [4.69, 9.17) is 9.84 Å². The van der Waals surface area contributed by atoms with Crippen molar-refractivity contribution in [1.29, 1.82) is 0 Å². The van der Waals surface area contributed by atoms with Gasteiger partial charge in [-0.1, -0.05) is 6.92 Å². The van der Waals surface area contributed by atoms with Gasteiger partial charge in [-0.2, -0.15) is 0 Å². The van der Waals surface area contributed by atoms with Gasteiger partial charge in [0.1, 0.15) is 6.29 Å². The first-order valence-electron chi connectivity index (χ1n) is 5.63. The Morgan fingerprint density at radius 3 is 2.80 bits per heavy atom. The number of aldehydes is 1. The molecule has 1 N–H and O–H groups in total. The van der Waals surface area contributed by atoms with Gasteiger partial charge in [0.25, 0.3) is 0 Å². The first-order valence-corrected chi connectivity index (χ1v) is 5.63. The van der Waals surface area contributed by atoms with E-state index in [1.54, 1.807) is 0 Å². The van der Waals surface area contributed by atoms with E-state index in [1.807, 2.05) is 0 Å². The lowest BCUT2D eigenvalue weighted by Gasteiger charge is -2.29. The maximum Gasteiger partial charge on any atom is 0.129 e. The van der Waals surface area contributed by atoms with Crippen molar-refractivity contribution < 1.29 is 14.6 Å². The Morgan fingerprint density at radius 2 is 2.33 bits per heavy atom. The summed E-state index contributed by atoms with van der Waals surface area (Å²) >= 11 is 0. The number of carbonyl (C=O) groups excluding carboxylic acids is 1. The Hall–Kier alpha value is -0.450. The lowest BCUT2D eigenvalue weighted by Crippen LogP contribution is -2.41. The minimum absolute atomic E-state index is 0.149. The Morgan fingerprint density at radius 1 is 1.53 bits per heavy atom. The molecule has 0 aliphatic carbocycles. The quantitative estimate of drug-likeness (QED) is 0.620. The highest BCUT2D eigenvalue weighted by Gasteiger charge is 2.36. The zero-order valence-corrected chi connectivity index (χ0v) is 9.45. The fourth-order valence-electron chi connectivity index (χ4n) is 2.05. The van der Waals surface area contributed by atoms with Crippen LogP contribution in [-0.2, 0) is 9.53 Å². The summed E-state index contributed by atoms with van der Waals surface area (Å²) in [6, 6.07) is 0. The smallest absolute Gasteiger partial charge is 0.129 e. The van der Waals surface area contributed by atoms with Gasteiger partial charge < -0.3 is 14.6 Å². The van der Waals surface area contributed by atoms with Gasteiger partial charge in [-0.15, -0.1) is 0 Å². The van der Waals surface area contributed by atoms with Crippen molar-refractivity contribution in [2.24, 2.45) is 5.41 Å². The largest absolute Gasteiger partial charge is 0.395 e. The molecule has 1 atom stereocenters. The van der Waals surface area contributed by atoms with E-state index in [2.05, 4.69) is 11.8 Å². The molecule has 0 aromatic rings. The van der Waals surface area contributed by atoms with Crippen LogP contribution in [-0.4, -0.2) is 55.7 Å². The van der Waals surface area contributed by atoms with Gasteiger partial charge in [0, 0.05) is 19.7 Å². The molecule has 1 saturated heterocycles. The van der Waals surface area contributed by atoms with Crippen LogP contribution in [0.25, 0.3) is 0 Å². The van der Waals surface area contributed by atoms with Crippen LogP contribution < -0.4 is 0 Å². The summed E-state index contributed by atoms with van der Waals surface area (Å²) in [5.74, 6) is 0. The number of nitrogens with zero attached hydrogens (tertiary/aromatic N) is 1. The average Bonchev–Trinajstić information content (AvgIpc) is 2.68. The van der Waals surface area contributed by atoms with Crippen LogP contribution in [0.3, 0.4) is 0 Å². The van der Waals surface area contributed by atoms with Crippen molar-refractivity contribution in [3.63, 3.8) is 0 Å². The molecule has 0 bridgehead atoms. The summed E-state index contributed by atoms with van der Waals surface area (Å²) in [7, 11) is 0. The van der Waals surface area contributed by atoms with Crippen LogP contribution in [0, 0.1) is 5.41 Å². The van der Waals surface area contributed by atoms with Crippen LogP contribution in [0.5, 0.6) is 0 Å². The molecule has 4 heteroatoms. The van der Waals surface area contributed by atoms with Crippen molar-refractivity contribution in [3.05, 3.63) is 0 Å². The molecule has 1 unspecified atom stereocenters. The normalized spacial score (nSPS) is 26.1. The van der Waals surface area contributed by atoms with E-state index in [-0.39, 0.29) is 12.0 Å². The summed E-state index contributed by atoms with van der Waals surface area (Å²) in [6.45, 7) is 5.74. The molecular formula is C11H21NO3. The Balaban J connectivity index is 2.49. The predicted octanol–water partition coefficient (Wildman–Crippen LogP) is 0.296. The van der Waals surface area contributed by atoms with Crippen LogP contribution in [0.4, 0.5) is 0 Å². The van der Waals surface area contributed by atoms with Gasteiger partial charge in [0.05, 0.1) is 18.6 Å². The maximum absolute atomic E-state index is 11.1. The second-order valence-electron chi connectivity index (χ2n) is 4.28. The molecule has 1 rings (SSSR count). The number of ether oxygens (including phenoxy) is 1. The molecule has 0 amide bonds. The molecule has 0 aromatic carbocycles. The highest BCUT2D eigenvalue weighted by molar-refractivity contribution is 5.60. The lowest BCUT2D eigenvalue weighted by molar-refractivity contribution is -0.117. The highest BCUT2D eigenvalue weighted by Crippen LogP contribution is 2.27. The van der Waals surface area contributed by atoms with Crippen molar-refractivity contribution in [2.75, 3.05) is 39.5 Å². The summed E-state index contributed by atoms with van der Waals surface area (Å²) in [5.41, 5.74) is -0.329. The Kier molecular flexibility index (Phi) is 5.22. The van der Waals surface area contributed by atoms with Crippen molar-refractivity contribution in [2.45, 2.75) is 19.8 Å². The number of aliphatic hydroxyl groups is 1. The standard InChI is InChI=1S/C11H21NO3/c1-2-4-12(5-6-13)8-11(9-14)3-7-15-10-11/h9,13H,2-8,10H2,1H3. The van der Waals surface area contributed by atoms with Gasteiger partial charge >= 0.3 is 0 Å². The number of hydrogen-bond donors (Lipinski definition) is 1. The van der Waals surface area contributed by atoms with Gasteiger partial charge in [-0.05, 0) is 19.4 Å². The fourth-order valence-corrected chi connectivity index (χ4v) is 2.05. The van der Waals surface area contributed by atoms with E-state index in [0.717, 1.165) is 25.7 Å². The molecule has 1 aliphatic heterocycles. The Labute approximate surface area is 91.2 Å². The first kappa shape index (κ1) is 12.6. The van der Waals surface area contributed by atoms with Crippen molar-refractivity contribution >= 4 is 6.29 Å². The average molecular weight is 215 g/mol. The summed E-state index contributed by atoms with van der Waals surface area (Å²) < 4.78 is 5.29. The Bertz CT molecular complexity index is 184. The molecule has 0 aromatic heterocycles. The number of hydrogen-bond acceptors (Lipinski definition) is 4. The third-order valence-corrected chi connectivity index (χ3v) is 2.88. The summed E-state index contributed by atoms with van der Waals surface area (Å²) in [4.78, 5) is 13.2. The zero-order chi connectivity index (χ0) is 11.1. The maximum atomic E-state index is 11.1. The predicted molar refractivity (Wildman–Crippen MR) is 57.7 cm³/mol. The lowest BCUT2D eigenvalue weighted by atomic mass is 9.88. The molecule has 15 heavy (non-hydrogen) atoms. The van der Waals surface area contributed by atoms with Crippen LogP contribution in [0.2, 0.25) is 0 Å². The molecular weight excluding hydrogens is 194 g/mol. The van der Waals surface area contributed by atoms with E-state index < -0.39 is 0 Å². The van der Waals surface area contributed by atoms with Gasteiger partial charge in [0.2, 0.25) is 0 Å². The third-order valence-electron chi connectivity index (χ3n) is 2.88. The van der Waals surface area contributed by atoms with Gasteiger partial charge in [-0.25, -0.2) is 0 Å². The topological polar surface area (TPSA) is 49.8 Å². The second-order valence-corrected chi connectivity index (χ2v) is 4.28.